The van der Waals surface area contributed by atoms with E-state index in [0.717, 1.165) is 12.1 Å². The van der Waals surface area contributed by atoms with Gasteiger partial charge in [-0.15, -0.1) is 0 Å². The van der Waals surface area contributed by atoms with Gasteiger partial charge in [-0.1, -0.05) is 12.1 Å². The Morgan fingerprint density at radius 2 is 1.90 bits per heavy atom. The third-order valence-electron chi connectivity index (χ3n) is 3.02. The van der Waals surface area contributed by atoms with Crippen molar-refractivity contribution in [3.63, 3.8) is 0 Å². The number of halogens is 4. The largest absolute Gasteiger partial charge is 0.409 e. The molecule has 0 spiro atoms. The summed E-state index contributed by atoms with van der Waals surface area (Å²) in [5, 5.41) is 0. The molecule has 0 saturated carbocycles. The Morgan fingerprint density at radius 3 is 2.40 bits per heavy atom. The Morgan fingerprint density at radius 1 is 1.25 bits per heavy atom. The van der Waals surface area contributed by atoms with Gasteiger partial charge in [0.15, 0.2) is 5.54 Å². The molecule has 9 heteroatoms. The zero-order valence-corrected chi connectivity index (χ0v) is 10.9. The standard InChI is InChI=1S/C11H11F4NO3S/c12-8-3-1-2-4-9(8)20(17,18)16-10(11(13,14)15)5-6-19-7-10/h1-4,16H,5-7H2/t10-/m1/s1. The zero-order valence-electron chi connectivity index (χ0n) is 10.1. The van der Waals surface area contributed by atoms with Crippen LogP contribution >= 0.6 is 0 Å². The summed E-state index contributed by atoms with van der Waals surface area (Å²) >= 11 is 0. The second-order valence-electron chi connectivity index (χ2n) is 4.42. The molecule has 0 amide bonds. The van der Waals surface area contributed by atoms with E-state index >= 15 is 0 Å². The maximum absolute atomic E-state index is 13.4. The van der Waals surface area contributed by atoms with Gasteiger partial charge in [-0.05, 0) is 12.1 Å². The number of hydrogen-bond donors (Lipinski definition) is 1. The van der Waals surface area contributed by atoms with Crippen molar-refractivity contribution in [1.29, 1.82) is 0 Å². The number of ether oxygens (including phenoxy) is 1. The molecule has 1 fully saturated rings. The average molecular weight is 313 g/mol. The minimum Gasteiger partial charge on any atom is -0.379 e. The first-order valence-electron chi connectivity index (χ1n) is 5.61. The van der Waals surface area contributed by atoms with Crippen LogP contribution in [0.25, 0.3) is 0 Å². The summed E-state index contributed by atoms with van der Waals surface area (Å²) in [5.74, 6) is -1.11. The molecular formula is C11H11F4NO3S. The highest BCUT2D eigenvalue weighted by Gasteiger charge is 2.59. The van der Waals surface area contributed by atoms with Crippen molar-refractivity contribution in [2.75, 3.05) is 13.2 Å². The highest BCUT2D eigenvalue weighted by Crippen LogP contribution is 2.38. The Balaban J connectivity index is 2.39. The predicted octanol–water partition coefficient (Wildman–Crippen LogP) is 1.83. The molecule has 1 aliphatic heterocycles. The highest BCUT2D eigenvalue weighted by atomic mass is 32.2. The SMILES string of the molecule is O=S(=O)(N[C@]1(C(F)(F)F)CCOC1)c1ccccc1F. The molecule has 1 atom stereocenters. The summed E-state index contributed by atoms with van der Waals surface area (Å²) in [7, 11) is -4.64. The highest BCUT2D eigenvalue weighted by molar-refractivity contribution is 7.89. The summed E-state index contributed by atoms with van der Waals surface area (Å²) in [4.78, 5) is -0.824. The molecule has 2 rings (SSSR count). The fourth-order valence-electron chi connectivity index (χ4n) is 1.90. The van der Waals surface area contributed by atoms with Gasteiger partial charge in [-0.3, -0.25) is 0 Å². The van der Waals surface area contributed by atoms with Crippen LogP contribution in [0.3, 0.4) is 0 Å². The van der Waals surface area contributed by atoms with Crippen molar-refractivity contribution in [2.24, 2.45) is 0 Å². The van der Waals surface area contributed by atoms with Gasteiger partial charge < -0.3 is 4.74 Å². The van der Waals surface area contributed by atoms with Crippen molar-refractivity contribution in [3.05, 3.63) is 30.1 Å². The van der Waals surface area contributed by atoms with Crippen LogP contribution in [0.15, 0.2) is 29.2 Å². The number of sulfonamides is 1. The maximum Gasteiger partial charge on any atom is 0.409 e. The first kappa shape index (κ1) is 15.2. The van der Waals surface area contributed by atoms with Crippen molar-refractivity contribution < 1.29 is 30.7 Å². The van der Waals surface area contributed by atoms with E-state index in [2.05, 4.69) is 4.74 Å². The smallest absolute Gasteiger partial charge is 0.379 e. The van der Waals surface area contributed by atoms with Gasteiger partial charge in [0.05, 0.1) is 6.61 Å². The average Bonchev–Trinajstić information content (AvgIpc) is 2.77. The molecule has 0 bridgehead atoms. The third kappa shape index (κ3) is 2.65. The molecule has 1 aliphatic rings. The lowest BCUT2D eigenvalue weighted by molar-refractivity contribution is -0.189. The van der Waals surface area contributed by atoms with Crippen molar-refractivity contribution >= 4 is 10.0 Å². The van der Waals surface area contributed by atoms with Gasteiger partial charge in [0.1, 0.15) is 10.7 Å². The van der Waals surface area contributed by atoms with Crippen LogP contribution in [-0.2, 0) is 14.8 Å². The molecule has 1 aromatic carbocycles. The van der Waals surface area contributed by atoms with Crippen LogP contribution in [0.2, 0.25) is 0 Å². The molecule has 112 valence electrons. The number of nitrogens with one attached hydrogen (secondary N) is 1. The van der Waals surface area contributed by atoms with Gasteiger partial charge in [-0.25, -0.2) is 12.8 Å². The predicted molar refractivity (Wildman–Crippen MR) is 60.9 cm³/mol. The number of alkyl halides is 3. The van der Waals surface area contributed by atoms with Crippen molar-refractivity contribution in [1.82, 2.24) is 4.72 Å². The Kier molecular flexibility index (Phi) is 3.78. The minimum atomic E-state index is -4.83. The normalized spacial score (nSPS) is 24.0. The van der Waals surface area contributed by atoms with E-state index < -0.39 is 45.5 Å². The van der Waals surface area contributed by atoms with Gasteiger partial charge in [0, 0.05) is 13.0 Å². The Bertz CT molecular complexity index is 594. The molecule has 1 aromatic rings. The first-order valence-corrected chi connectivity index (χ1v) is 7.09. The van der Waals surface area contributed by atoms with Crippen LogP contribution in [0.5, 0.6) is 0 Å². The van der Waals surface area contributed by atoms with E-state index in [0.29, 0.717) is 0 Å². The summed E-state index contributed by atoms with van der Waals surface area (Å²) < 4.78 is 82.7. The van der Waals surface area contributed by atoms with E-state index in [4.69, 9.17) is 0 Å². The molecule has 0 aromatic heterocycles. The van der Waals surface area contributed by atoms with Crippen LogP contribution in [0.1, 0.15) is 6.42 Å². The van der Waals surface area contributed by atoms with Gasteiger partial charge >= 0.3 is 6.18 Å². The molecule has 1 N–H and O–H groups in total. The number of hydrogen-bond acceptors (Lipinski definition) is 3. The Hall–Kier alpha value is -1.19. The Labute approximate surface area is 112 Å². The van der Waals surface area contributed by atoms with E-state index in [-0.39, 0.29) is 6.61 Å². The molecule has 1 saturated heterocycles. The van der Waals surface area contributed by atoms with Crippen molar-refractivity contribution in [2.45, 2.75) is 23.0 Å². The number of rotatable bonds is 3. The van der Waals surface area contributed by atoms with E-state index in [9.17, 15) is 26.0 Å². The van der Waals surface area contributed by atoms with Crippen LogP contribution < -0.4 is 4.72 Å². The lowest BCUT2D eigenvalue weighted by Crippen LogP contribution is -2.59. The molecule has 0 aliphatic carbocycles. The molecule has 1 heterocycles. The fraction of sp³-hybridized carbons (Fsp3) is 0.455. The molecule has 0 radical (unpaired) electrons. The summed E-state index contributed by atoms with van der Waals surface area (Å²) in [6, 6.07) is 4.23. The third-order valence-corrected chi connectivity index (χ3v) is 4.59. The monoisotopic (exact) mass is 313 g/mol. The summed E-state index contributed by atoms with van der Waals surface area (Å²) in [6.07, 6.45) is -5.38. The van der Waals surface area contributed by atoms with Gasteiger partial charge in [-0.2, -0.15) is 17.9 Å². The molecule has 4 nitrogen and oxygen atoms in total. The number of benzene rings is 1. The van der Waals surface area contributed by atoms with Crippen LogP contribution in [-0.4, -0.2) is 33.3 Å². The lowest BCUT2D eigenvalue weighted by atomic mass is 10.0. The van der Waals surface area contributed by atoms with Gasteiger partial charge in [0.25, 0.3) is 0 Å². The lowest BCUT2D eigenvalue weighted by Gasteiger charge is -2.30. The molecular weight excluding hydrogens is 302 g/mol. The minimum absolute atomic E-state index is 0.223. The molecule has 0 unspecified atom stereocenters. The molecule has 20 heavy (non-hydrogen) atoms. The first-order chi connectivity index (χ1) is 9.18. The second-order valence-corrected chi connectivity index (χ2v) is 6.07. The zero-order chi connectivity index (χ0) is 15.0. The van der Waals surface area contributed by atoms with E-state index in [1.165, 1.54) is 12.1 Å². The second kappa shape index (κ2) is 4.97. The van der Waals surface area contributed by atoms with Crippen LogP contribution in [0, 0.1) is 5.82 Å². The fourth-order valence-corrected chi connectivity index (χ4v) is 3.39. The topological polar surface area (TPSA) is 55.4 Å². The van der Waals surface area contributed by atoms with E-state index in [1.807, 2.05) is 0 Å². The van der Waals surface area contributed by atoms with Crippen molar-refractivity contribution in [3.8, 4) is 0 Å². The van der Waals surface area contributed by atoms with E-state index in [1.54, 1.807) is 4.72 Å². The van der Waals surface area contributed by atoms with Gasteiger partial charge in [0.2, 0.25) is 10.0 Å². The quantitative estimate of drug-likeness (QED) is 0.866. The summed E-state index contributed by atoms with van der Waals surface area (Å²) in [5.41, 5.74) is -2.71. The van der Waals surface area contributed by atoms with Crippen LogP contribution in [0.4, 0.5) is 17.6 Å². The summed E-state index contributed by atoms with van der Waals surface area (Å²) in [6.45, 7) is -1.05. The maximum atomic E-state index is 13.4.